The maximum Gasteiger partial charge on any atom is 0.191 e. The molecule has 2 heterocycles. The van der Waals surface area contributed by atoms with Crippen LogP contribution in [-0.2, 0) is 36.9 Å². The lowest BCUT2D eigenvalue weighted by Crippen LogP contribution is -2.48. The summed E-state index contributed by atoms with van der Waals surface area (Å²) >= 11 is 6.97. The van der Waals surface area contributed by atoms with Gasteiger partial charge in [0.25, 0.3) is 0 Å². The lowest BCUT2D eigenvalue weighted by atomic mass is 9.95. The lowest BCUT2D eigenvalue weighted by Gasteiger charge is -2.34. The normalized spacial score (nSPS) is 29.0. The van der Waals surface area contributed by atoms with Crippen molar-refractivity contribution in [2.45, 2.75) is 56.9 Å². The fourth-order valence-corrected chi connectivity index (χ4v) is 4.75. The molecule has 2 aromatic rings. The Kier molecular flexibility index (Phi) is 7.33. The van der Waals surface area contributed by atoms with E-state index < -0.39 is 23.8 Å². The summed E-state index contributed by atoms with van der Waals surface area (Å²) in [5.41, 5.74) is 1.27. The van der Waals surface area contributed by atoms with Crippen LogP contribution in [0.1, 0.15) is 25.0 Å². The molecule has 2 saturated heterocycles. The van der Waals surface area contributed by atoms with Crippen molar-refractivity contribution < 1.29 is 23.7 Å². The summed E-state index contributed by atoms with van der Waals surface area (Å²) in [5.74, 6) is -0.740. The van der Waals surface area contributed by atoms with Crippen LogP contribution in [0.25, 0.3) is 0 Å². The Morgan fingerprint density at radius 3 is 2.13 bits per heavy atom. The fourth-order valence-electron chi connectivity index (χ4n) is 3.97. The van der Waals surface area contributed by atoms with Crippen LogP contribution in [0.15, 0.2) is 70.1 Å². The number of ether oxygens (including phenoxy) is 5. The zero-order chi connectivity index (χ0) is 21.9. The minimum absolute atomic E-state index is 0.280. The van der Waals surface area contributed by atoms with E-state index in [9.17, 15) is 0 Å². The van der Waals surface area contributed by atoms with Crippen molar-refractivity contribution in [1.29, 1.82) is 0 Å². The molecule has 0 amide bonds. The molecule has 0 radical (unpaired) electrons. The summed E-state index contributed by atoms with van der Waals surface area (Å²) in [6.45, 7) is 4.94. The van der Waals surface area contributed by atoms with Crippen molar-refractivity contribution in [3.05, 3.63) is 81.3 Å². The average molecular weight is 554 g/mol. The molecule has 0 aliphatic carbocycles. The van der Waals surface area contributed by atoms with Gasteiger partial charge in [0.05, 0.1) is 23.2 Å². The third-order valence-corrected chi connectivity index (χ3v) is 5.73. The molecular weight excluding hydrogens is 528 g/mol. The van der Waals surface area contributed by atoms with Crippen molar-refractivity contribution in [1.82, 2.24) is 0 Å². The summed E-state index contributed by atoms with van der Waals surface area (Å²) in [7, 11) is 0. The molecule has 31 heavy (non-hydrogen) atoms. The van der Waals surface area contributed by atoms with Gasteiger partial charge in [-0.25, -0.2) is 0 Å². The van der Waals surface area contributed by atoms with Gasteiger partial charge in [-0.15, -0.1) is 0 Å². The van der Waals surface area contributed by atoms with Crippen LogP contribution in [0.3, 0.4) is 0 Å². The molecule has 7 heteroatoms. The highest BCUT2D eigenvalue weighted by atomic mass is 79.9. The van der Waals surface area contributed by atoms with Crippen LogP contribution in [0.5, 0.6) is 0 Å². The Morgan fingerprint density at radius 1 is 0.903 bits per heavy atom. The third kappa shape index (κ3) is 5.66. The van der Waals surface area contributed by atoms with Gasteiger partial charge in [-0.1, -0.05) is 60.7 Å². The van der Waals surface area contributed by atoms with Gasteiger partial charge >= 0.3 is 0 Å². The van der Waals surface area contributed by atoms with Gasteiger partial charge in [0, 0.05) is 0 Å². The first-order chi connectivity index (χ1) is 14.9. The standard InChI is InChI=1S/C24H26Br2O5/c1-23(2)29-20-21(28-15-18-11-7-4-8-12-18)24(13-19(25)26,31-22(20)30-23)16-27-14-17-9-5-3-6-10-17/h3-13,20-22H,14-16H2,1-2H3/t20?,21?,22-,24?/m0/s1. The van der Waals surface area contributed by atoms with Crippen molar-refractivity contribution >= 4 is 31.9 Å². The van der Waals surface area contributed by atoms with Crippen LogP contribution < -0.4 is 0 Å². The smallest absolute Gasteiger partial charge is 0.191 e. The Bertz CT molecular complexity index is 885. The van der Waals surface area contributed by atoms with E-state index in [2.05, 4.69) is 31.9 Å². The first-order valence-corrected chi connectivity index (χ1v) is 11.8. The van der Waals surface area contributed by atoms with E-state index in [0.717, 1.165) is 14.5 Å². The maximum atomic E-state index is 6.42. The highest BCUT2D eigenvalue weighted by Crippen LogP contribution is 2.46. The van der Waals surface area contributed by atoms with Crippen molar-refractivity contribution in [3.8, 4) is 0 Å². The lowest BCUT2D eigenvalue weighted by molar-refractivity contribution is -0.243. The fraction of sp³-hybridized carbons (Fsp3) is 0.417. The van der Waals surface area contributed by atoms with Gasteiger partial charge in [-0.05, 0) is 62.9 Å². The first-order valence-electron chi connectivity index (χ1n) is 10.2. The molecule has 166 valence electrons. The van der Waals surface area contributed by atoms with Crippen molar-refractivity contribution in [2.75, 3.05) is 6.61 Å². The number of rotatable bonds is 8. The number of hydrogen-bond donors (Lipinski definition) is 0. The first kappa shape index (κ1) is 23.1. The predicted molar refractivity (Wildman–Crippen MR) is 125 cm³/mol. The van der Waals surface area contributed by atoms with E-state index in [1.165, 1.54) is 0 Å². The Hall–Kier alpha value is -1.06. The molecule has 4 atom stereocenters. The summed E-state index contributed by atoms with van der Waals surface area (Å²) < 4.78 is 31.9. The molecule has 2 aromatic carbocycles. The second kappa shape index (κ2) is 9.83. The van der Waals surface area contributed by atoms with E-state index in [1.54, 1.807) is 0 Å². The van der Waals surface area contributed by atoms with Crippen LogP contribution in [0, 0.1) is 0 Å². The molecule has 4 rings (SSSR count). The molecule has 2 fully saturated rings. The van der Waals surface area contributed by atoms with Gasteiger partial charge in [0.15, 0.2) is 12.1 Å². The summed E-state index contributed by atoms with van der Waals surface area (Å²) in [4.78, 5) is 0. The van der Waals surface area contributed by atoms with Gasteiger partial charge in [0.2, 0.25) is 0 Å². The zero-order valence-electron chi connectivity index (χ0n) is 17.5. The minimum Gasteiger partial charge on any atom is -0.373 e. The molecule has 0 saturated carbocycles. The molecule has 0 aromatic heterocycles. The minimum atomic E-state index is -0.891. The topological polar surface area (TPSA) is 46.2 Å². The molecule has 3 unspecified atom stereocenters. The van der Waals surface area contributed by atoms with Gasteiger partial charge in [-0.2, -0.15) is 0 Å². The third-order valence-electron chi connectivity index (χ3n) is 5.27. The van der Waals surface area contributed by atoms with Gasteiger partial charge < -0.3 is 23.7 Å². The molecular formula is C24H26Br2O5. The molecule has 0 bridgehead atoms. The van der Waals surface area contributed by atoms with Crippen LogP contribution in [-0.4, -0.2) is 36.5 Å². The number of benzene rings is 2. The Morgan fingerprint density at radius 2 is 1.52 bits per heavy atom. The summed E-state index contributed by atoms with van der Waals surface area (Å²) in [5, 5.41) is 0. The predicted octanol–water partition coefficient (Wildman–Crippen LogP) is 5.67. The van der Waals surface area contributed by atoms with E-state index in [4.69, 9.17) is 23.7 Å². The number of halogens is 2. The number of fused-ring (bicyclic) bond motifs is 1. The maximum absolute atomic E-state index is 6.42. The molecule has 5 nitrogen and oxygen atoms in total. The number of hydrogen-bond acceptors (Lipinski definition) is 5. The largest absolute Gasteiger partial charge is 0.373 e. The average Bonchev–Trinajstić information content (AvgIpc) is 3.15. The molecule has 0 N–H and O–H groups in total. The Labute approximate surface area is 199 Å². The molecule has 2 aliphatic rings. The SMILES string of the molecule is CC1(C)OC2C(OCc3ccccc3)C(C=C(Br)Br)(COCc3ccccc3)O[C@@H]2O1. The second-order valence-corrected chi connectivity index (χ2v) is 10.9. The van der Waals surface area contributed by atoms with Gasteiger partial charge in [0.1, 0.15) is 17.8 Å². The Balaban J connectivity index is 1.56. The van der Waals surface area contributed by atoms with Crippen LogP contribution in [0.4, 0.5) is 0 Å². The molecule has 0 spiro atoms. The highest BCUT2D eigenvalue weighted by Gasteiger charge is 2.62. The van der Waals surface area contributed by atoms with Gasteiger partial charge in [-0.3, -0.25) is 0 Å². The summed E-state index contributed by atoms with van der Waals surface area (Å²) in [6.07, 6.45) is 0.563. The van der Waals surface area contributed by atoms with Crippen molar-refractivity contribution in [2.24, 2.45) is 0 Å². The van der Waals surface area contributed by atoms with E-state index >= 15 is 0 Å². The van der Waals surface area contributed by atoms with E-state index in [1.807, 2.05) is 80.6 Å². The zero-order valence-corrected chi connectivity index (χ0v) is 20.7. The van der Waals surface area contributed by atoms with E-state index in [0.29, 0.717) is 13.2 Å². The quantitative estimate of drug-likeness (QED) is 0.421. The second-order valence-electron chi connectivity index (χ2n) is 8.17. The van der Waals surface area contributed by atoms with Crippen molar-refractivity contribution in [3.63, 3.8) is 0 Å². The van der Waals surface area contributed by atoms with Crippen LogP contribution >= 0.6 is 31.9 Å². The highest BCUT2D eigenvalue weighted by molar-refractivity contribution is 9.28. The van der Waals surface area contributed by atoms with Crippen LogP contribution in [0.2, 0.25) is 0 Å². The molecule has 2 aliphatic heterocycles. The monoisotopic (exact) mass is 552 g/mol. The summed E-state index contributed by atoms with van der Waals surface area (Å²) in [6, 6.07) is 20.1. The van der Waals surface area contributed by atoms with E-state index in [-0.39, 0.29) is 12.7 Å².